The van der Waals surface area contributed by atoms with Crippen LogP contribution in [0, 0.1) is 0 Å². The summed E-state index contributed by atoms with van der Waals surface area (Å²) < 4.78 is 1.73. The Morgan fingerprint density at radius 2 is 2.14 bits per heavy atom. The van der Waals surface area contributed by atoms with Crippen LogP contribution in [0.4, 0.5) is 0 Å². The number of nitrogens with one attached hydrogen (secondary N) is 1. The van der Waals surface area contributed by atoms with Crippen molar-refractivity contribution >= 4 is 5.91 Å². The summed E-state index contributed by atoms with van der Waals surface area (Å²) in [6.45, 7) is 4.13. The topological polar surface area (TPSA) is 67.2 Å². The van der Waals surface area contributed by atoms with Gasteiger partial charge in [-0.2, -0.15) is 5.10 Å². The lowest BCUT2D eigenvalue weighted by Crippen LogP contribution is -2.34. The molecular formula is C17H21N3O2. The zero-order valence-electron chi connectivity index (χ0n) is 13.1. The van der Waals surface area contributed by atoms with Crippen molar-refractivity contribution in [1.82, 2.24) is 15.1 Å². The molecule has 116 valence electrons. The zero-order chi connectivity index (χ0) is 15.9. The van der Waals surface area contributed by atoms with Crippen LogP contribution in [0.15, 0.2) is 30.3 Å². The van der Waals surface area contributed by atoms with Crippen LogP contribution in [-0.4, -0.2) is 26.9 Å². The minimum absolute atomic E-state index is 0.247. The highest BCUT2D eigenvalue weighted by atomic mass is 16.3. The van der Waals surface area contributed by atoms with Crippen molar-refractivity contribution in [3.05, 3.63) is 52.8 Å². The molecular weight excluding hydrogens is 278 g/mol. The third-order valence-corrected chi connectivity index (χ3v) is 4.23. The monoisotopic (exact) mass is 299 g/mol. The number of benzene rings is 1. The fraction of sp³-hybridized carbons (Fsp3) is 0.412. The van der Waals surface area contributed by atoms with E-state index in [4.69, 9.17) is 0 Å². The first kappa shape index (κ1) is 14.8. The van der Waals surface area contributed by atoms with E-state index >= 15 is 0 Å². The van der Waals surface area contributed by atoms with E-state index < -0.39 is 6.10 Å². The lowest BCUT2D eigenvalue weighted by molar-refractivity contribution is 0.0852. The Morgan fingerprint density at radius 3 is 2.82 bits per heavy atom. The number of fused-ring (bicyclic) bond motifs is 1. The van der Waals surface area contributed by atoms with Crippen LogP contribution < -0.4 is 5.32 Å². The maximum absolute atomic E-state index is 12.4. The molecule has 1 heterocycles. The van der Waals surface area contributed by atoms with Crippen molar-refractivity contribution in [2.24, 2.45) is 7.05 Å². The molecule has 0 unspecified atom stereocenters. The summed E-state index contributed by atoms with van der Waals surface area (Å²) in [5.41, 5.74) is 3.48. The highest BCUT2D eigenvalue weighted by Gasteiger charge is 2.32. The number of amides is 1. The first-order valence-electron chi connectivity index (χ1n) is 7.58. The number of aliphatic hydroxyl groups excluding tert-OH is 1. The number of rotatable bonds is 3. The minimum Gasteiger partial charge on any atom is -0.390 e. The van der Waals surface area contributed by atoms with Crippen molar-refractivity contribution in [2.45, 2.75) is 38.3 Å². The van der Waals surface area contributed by atoms with Crippen LogP contribution in [0.1, 0.15) is 53.1 Å². The van der Waals surface area contributed by atoms with Gasteiger partial charge in [0.05, 0.1) is 12.1 Å². The molecule has 3 rings (SSSR count). The molecule has 1 amide bonds. The van der Waals surface area contributed by atoms with Gasteiger partial charge in [0.2, 0.25) is 0 Å². The molecule has 0 aliphatic heterocycles. The summed E-state index contributed by atoms with van der Waals surface area (Å²) in [7, 11) is 1.84. The fourth-order valence-corrected chi connectivity index (χ4v) is 3.10. The van der Waals surface area contributed by atoms with Gasteiger partial charge in [-0.05, 0) is 23.1 Å². The molecule has 0 saturated carbocycles. The van der Waals surface area contributed by atoms with Crippen molar-refractivity contribution in [2.75, 3.05) is 0 Å². The molecule has 1 aliphatic rings. The van der Waals surface area contributed by atoms with Gasteiger partial charge < -0.3 is 10.4 Å². The molecule has 0 radical (unpaired) electrons. The van der Waals surface area contributed by atoms with Gasteiger partial charge in [-0.15, -0.1) is 0 Å². The Bertz CT molecular complexity index is 706. The van der Waals surface area contributed by atoms with Crippen LogP contribution in [0.3, 0.4) is 0 Å². The summed E-state index contributed by atoms with van der Waals surface area (Å²) in [6.07, 6.45) is -0.0183. The van der Waals surface area contributed by atoms with Gasteiger partial charge in [-0.1, -0.05) is 38.1 Å². The average Bonchev–Trinajstić information content (AvgIpc) is 3.00. The van der Waals surface area contributed by atoms with Gasteiger partial charge in [0.25, 0.3) is 5.91 Å². The van der Waals surface area contributed by atoms with Gasteiger partial charge in [-0.3, -0.25) is 9.48 Å². The molecule has 22 heavy (non-hydrogen) atoms. The highest BCUT2D eigenvalue weighted by Crippen LogP contribution is 2.31. The first-order valence-corrected chi connectivity index (χ1v) is 7.58. The van der Waals surface area contributed by atoms with E-state index in [1.54, 1.807) is 4.68 Å². The Balaban J connectivity index is 1.81. The summed E-state index contributed by atoms with van der Waals surface area (Å²) >= 11 is 0. The number of hydrogen-bond donors (Lipinski definition) is 2. The third kappa shape index (κ3) is 2.52. The second-order valence-electron chi connectivity index (χ2n) is 6.15. The molecule has 1 aromatic heterocycles. The maximum atomic E-state index is 12.4. The summed E-state index contributed by atoms with van der Waals surface area (Å²) in [5.74, 6) is 0.0556. The number of aryl methyl sites for hydroxylation is 1. The first-order chi connectivity index (χ1) is 10.5. The quantitative estimate of drug-likeness (QED) is 0.910. The van der Waals surface area contributed by atoms with Crippen molar-refractivity contribution < 1.29 is 9.90 Å². The smallest absolute Gasteiger partial charge is 0.272 e. The van der Waals surface area contributed by atoms with Crippen LogP contribution >= 0.6 is 0 Å². The Kier molecular flexibility index (Phi) is 3.74. The summed E-state index contributed by atoms with van der Waals surface area (Å²) in [5, 5.41) is 17.4. The molecule has 5 heteroatoms. The SMILES string of the molecule is CC(C)c1cc(C(=O)N[C@H]2c3ccccc3C[C@H]2O)nn1C. The number of carbonyl (C=O) groups is 1. The normalized spacial score (nSPS) is 20.2. The molecule has 1 aliphatic carbocycles. The fourth-order valence-electron chi connectivity index (χ4n) is 3.10. The third-order valence-electron chi connectivity index (χ3n) is 4.23. The molecule has 1 aromatic carbocycles. The average molecular weight is 299 g/mol. The maximum Gasteiger partial charge on any atom is 0.272 e. The largest absolute Gasteiger partial charge is 0.390 e. The molecule has 0 bridgehead atoms. The van der Waals surface area contributed by atoms with E-state index in [1.807, 2.05) is 37.4 Å². The van der Waals surface area contributed by atoms with E-state index in [0.717, 1.165) is 16.8 Å². The van der Waals surface area contributed by atoms with E-state index in [-0.39, 0.29) is 11.9 Å². The van der Waals surface area contributed by atoms with Crippen LogP contribution in [0.5, 0.6) is 0 Å². The van der Waals surface area contributed by atoms with E-state index in [9.17, 15) is 9.90 Å². The van der Waals surface area contributed by atoms with E-state index in [1.165, 1.54) is 0 Å². The number of aliphatic hydroxyl groups is 1. The molecule has 5 nitrogen and oxygen atoms in total. The Labute approximate surface area is 130 Å². The number of carbonyl (C=O) groups excluding carboxylic acids is 1. The summed E-state index contributed by atoms with van der Waals surface area (Å²) in [4.78, 5) is 12.4. The lowest BCUT2D eigenvalue weighted by atomic mass is 10.1. The Morgan fingerprint density at radius 1 is 1.41 bits per heavy atom. The Hall–Kier alpha value is -2.14. The summed E-state index contributed by atoms with van der Waals surface area (Å²) in [6, 6.07) is 9.26. The highest BCUT2D eigenvalue weighted by molar-refractivity contribution is 5.92. The molecule has 2 atom stereocenters. The number of nitrogens with zero attached hydrogens (tertiary/aromatic N) is 2. The molecule has 0 spiro atoms. The zero-order valence-corrected chi connectivity index (χ0v) is 13.1. The van der Waals surface area contributed by atoms with Crippen molar-refractivity contribution in [3.63, 3.8) is 0 Å². The number of hydrogen-bond acceptors (Lipinski definition) is 3. The van der Waals surface area contributed by atoms with Crippen molar-refractivity contribution in [1.29, 1.82) is 0 Å². The van der Waals surface area contributed by atoms with Gasteiger partial charge in [-0.25, -0.2) is 0 Å². The molecule has 2 aromatic rings. The van der Waals surface area contributed by atoms with Crippen LogP contribution in [-0.2, 0) is 13.5 Å². The molecule has 0 saturated heterocycles. The second-order valence-corrected chi connectivity index (χ2v) is 6.15. The van der Waals surface area contributed by atoms with Crippen LogP contribution in [0.2, 0.25) is 0 Å². The van der Waals surface area contributed by atoms with Gasteiger partial charge >= 0.3 is 0 Å². The predicted octanol–water partition coefficient (Wildman–Crippen LogP) is 1.93. The van der Waals surface area contributed by atoms with E-state index in [0.29, 0.717) is 18.0 Å². The van der Waals surface area contributed by atoms with Gasteiger partial charge in [0.15, 0.2) is 0 Å². The second kappa shape index (κ2) is 5.57. The molecule has 2 N–H and O–H groups in total. The van der Waals surface area contributed by atoms with E-state index in [2.05, 4.69) is 24.3 Å². The number of aromatic nitrogens is 2. The van der Waals surface area contributed by atoms with Gasteiger partial charge in [0, 0.05) is 19.2 Å². The standard InChI is InChI=1S/C17H21N3O2/c1-10(2)14-9-13(19-20(14)3)17(22)18-16-12-7-5-4-6-11(12)8-15(16)21/h4-7,9-10,15-16,21H,8H2,1-3H3,(H,18,22)/t15-,16+/m1/s1. The van der Waals surface area contributed by atoms with Gasteiger partial charge in [0.1, 0.15) is 5.69 Å². The van der Waals surface area contributed by atoms with Crippen LogP contribution in [0.25, 0.3) is 0 Å². The minimum atomic E-state index is -0.588. The molecule has 0 fully saturated rings. The van der Waals surface area contributed by atoms with Crippen molar-refractivity contribution in [3.8, 4) is 0 Å². The lowest BCUT2D eigenvalue weighted by Gasteiger charge is -2.17. The predicted molar refractivity (Wildman–Crippen MR) is 83.7 cm³/mol.